The third-order valence-electron chi connectivity index (χ3n) is 5.09. The predicted octanol–water partition coefficient (Wildman–Crippen LogP) is 2.36. The van der Waals surface area contributed by atoms with Gasteiger partial charge in [0.1, 0.15) is 23.4 Å². The van der Waals surface area contributed by atoms with Gasteiger partial charge in [0.2, 0.25) is 0 Å². The highest BCUT2D eigenvalue weighted by molar-refractivity contribution is 5.99. The second-order valence-corrected chi connectivity index (χ2v) is 7.27. The first-order chi connectivity index (χ1) is 15.6. The maximum atomic E-state index is 10.6. The first-order valence-electron chi connectivity index (χ1n) is 9.81. The summed E-state index contributed by atoms with van der Waals surface area (Å²) in [6.07, 6.45) is -1.60. The number of hydrogen-bond acceptors (Lipinski definition) is 9. The Kier molecular flexibility index (Phi) is 5.76. The summed E-state index contributed by atoms with van der Waals surface area (Å²) in [6.45, 7) is 1.93. The van der Waals surface area contributed by atoms with E-state index in [9.17, 15) is 13.2 Å². The molecule has 0 radical (unpaired) electrons. The second-order valence-electron chi connectivity index (χ2n) is 7.27. The quantitative estimate of drug-likeness (QED) is 0.345. The third kappa shape index (κ3) is 4.50. The molecular formula is C19H19F3N8O3. The van der Waals surface area contributed by atoms with Crippen molar-refractivity contribution >= 4 is 39.9 Å². The number of benzene rings is 1. The van der Waals surface area contributed by atoms with E-state index in [1.165, 1.54) is 6.33 Å². The molecule has 0 bridgehead atoms. The van der Waals surface area contributed by atoms with Gasteiger partial charge in [0.15, 0.2) is 11.2 Å². The van der Waals surface area contributed by atoms with Gasteiger partial charge < -0.3 is 26.3 Å². The van der Waals surface area contributed by atoms with Gasteiger partial charge in [-0.25, -0.2) is 19.4 Å². The van der Waals surface area contributed by atoms with Crippen molar-refractivity contribution in [1.29, 1.82) is 0 Å². The Morgan fingerprint density at radius 3 is 2.58 bits per heavy atom. The van der Waals surface area contributed by atoms with Gasteiger partial charge in [-0.2, -0.15) is 23.3 Å². The van der Waals surface area contributed by atoms with Gasteiger partial charge in [-0.15, -0.1) is 0 Å². The number of aliphatic carboxylic acids is 1. The van der Waals surface area contributed by atoms with E-state index >= 15 is 0 Å². The molecule has 3 aromatic heterocycles. The summed E-state index contributed by atoms with van der Waals surface area (Å²) >= 11 is 0. The van der Waals surface area contributed by atoms with Crippen LogP contribution in [0.1, 0.15) is 18.9 Å². The SMILES string of the molecule is Nc1nc2cc(-c3nn(C4CCNCC4)c4ncnc(N)c34)ccc2o1.O=C(O)C(F)(F)F. The average Bonchev–Trinajstić information content (AvgIpc) is 3.34. The number of carboxylic acid groups (broad SMARTS) is 1. The topological polar surface area (TPSA) is 171 Å². The molecule has 0 atom stereocenters. The molecule has 0 unspecified atom stereocenters. The van der Waals surface area contributed by atoms with E-state index in [1.54, 1.807) is 0 Å². The van der Waals surface area contributed by atoms with Gasteiger partial charge in [-0.05, 0) is 44.1 Å². The number of nitrogens with one attached hydrogen (secondary N) is 1. The van der Waals surface area contributed by atoms with Gasteiger partial charge in [-0.1, -0.05) is 0 Å². The smallest absolute Gasteiger partial charge is 0.475 e. The summed E-state index contributed by atoms with van der Waals surface area (Å²) in [5.74, 6) is -2.34. The lowest BCUT2D eigenvalue weighted by Crippen LogP contribution is -2.30. The molecule has 0 aliphatic carbocycles. The first-order valence-corrected chi connectivity index (χ1v) is 9.81. The van der Waals surface area contributed by atoms with Crippen LogP contribution in [0.3, 0.4) is 0 Å². The van der Waals surface area contributed by atoms with Crippen molar-refractivity contribution in [2.24, 2.45) is 0 Å². The lowest BCUT2D eigenvalue weighted by Gasteiger charge is -2.23. The number of alkyl halides is 3. The molecule has 4 heterocycles. The Bertz CT molecular complexity index is 1310. The minimum Gasteiger partial charge on any atom is -0.475 e. The Hall–Kier alpha value is -3.94. The molecule has 1 saturated heterocycles. The van der Waals surface area contributed by atoms with Crippen LogP contribution in [0.15, 0.2) is 28.9 Å². The van der Waals surface area contributed by atoms with E-state index in [1.807, 2.05) is 22.9 Å². The van der Waals surface area contributed by atoms with E-state index in [0.717, 1.165) is 48.2 Å². The fourth-order valence-electron chi connectivity index (χ4n) is 3.60. The predicted molar refractivity (Wildman–Crippen MR) is 112 cm³/mol. The van der Waals surface area contributed by atoms with Crippen LogP contribution >= 0.6 is 0 Å². The van der Waals surface area contributed by atoms with E-state index in [4.69, 9.17) is 30.9 Å². The van der Waals surface area contributed by atoms with Crippen LogP contribution in [-0.4, -0.2) is 55.1 Å². The second kappa shape index (κ2) is 8.54. The average molecular weight is 464 g/mol. The Morgan fingerprint density at radius 1 is 1.21 bits per heavy atom. The first kappa shape index (κ1) is 22.3. The lowest BCUT2D eigenvalue weighted by molar-refractivity contribution is -0.192. The number of nitrogens with two attached hydrogens (primary N) is 2. The van der Waals surface area contributed by atoms with Crippen LogP contribution in [0.2, 0.25) is 0 Å². The van der Waals surface area contributed by atoms with Crippen molar-refractivity contribution in [3.63, 3.8) is 0 Å². The molecule has 0 spiro atoms. The molecule has 5 rings (SSSR count). The molecule has 33 heavy (non-hydrogen) atoms. The van der Waals surface area contributed by atoms with Crippen molar-refractivity contribution in [2.45, 2.75) is 25.1 Å². The molecular weight excluding hydrogens is 445 g/mol. The van der Waals surface area contributed by atoms with Gasteiger partial charge in [0.25, 0.3) is 6.01 Å². The Balaban J connectivity index is 0.000000325. The van der Waals surface area contributed by atoms with Crippen LogP contribution in [0.25, 0.3) is 33.4 Å². The molecule has 14 heteroatoms. The molecule has 1 aromatic carbocycles. The van der Waals surface area contributed by atoms with Crippen LogP contribution in [0.4, 0.5) is 25.0 Å². The molecule has 1 aliphatic rings. The van der Waals surface area contributed by atoms with Crippen molar-refractivity contribution in [3.05, 3.63) is 24.5 Å². The molecule has 1 aliphatic heterocycles. The van der Waals surface area contributed by atoms with Gasteiger partial charge >= 0.3 is 12.1 Å². The number of halogens is 3. The highest BCUT2D eigenvalue weighted by Crippen LogP contribution is 2.34. The molecule has 1 fully saturated rings. The number of oxazole rings is 1. The van der Waals surface area contributed by atoms with Crippen LogP contribution in [0.5, 0.6) is 0 Å². The summed E-state index contributed by atoms with van der Waals surface area (Å²) < 4.78 is 39.1. The van der Waals surface area contributed by atoms with Crippen molar-refractivity contribution < 1.29 is 27.5 Å². The number of hydrogen-bond donors (Lipinski definition) is 4. The number of rotatable bonds is 2. The summed E-state index contributed by atoms with van der Waals surface area (Å²) in [5.41, 5.74) is 15.5. The number of anilines is 2. The highest BCUT2D eigenvalue weighted by Gasteiger charge is 2.38. The Morgan fingerprint density at radius 2 is 1.91 bits per heavy atom. The molecule has 174 valence electrons. The molecule has 0 amide bonds. The number of aromatic nitrogens is 5. The van der Waals surface area contributed by atoms with Crippen molar-refractivity contribution in [2.75, 3.05) is 24.6 Å². The minimum atomic E-state index is -5.08. The fourth-order valence-corrected chi connectivity index (χ4v) is 3.60. The van der Waals surface area contributed by atoms with E-state index in [-0.39, 0.29) is 12.1 Å². The minimum absolute atomic E-state index is 0.144. The number of fused-ring (bicyclic) bond motifs is 2. The number of carbonyl (C=O) groups is 1. The zero-order chi connectivity index (χ0) is 23.8. The van der Waals surface area contributed by atoms with Gasteiger partial charge in [0.05, 0.1) is 11.4 Å². The molecule has 4 aromatic rings. The maximum Gasteiger partial charge on any atom is 0.490 e. The number of nitrogen functional groups attached to an aromatic ring is 2. The van der Waals surface area contributed by atoms with Gasteiger partial charge in [-0.3, -0.25) is 0 Å². The van der Waals surface area contributed by atoms with E-state index in [0.29, 0.717) is 16.9 Å². The largest absolute Gasteiger partial charge is 0.490 e. The highest BCUT2D eigenvalue weighted by atomic mass is 19.4. The normalized spacial score (nSPS) is 14.9. The summed E-state index contributed by atoms with van der Waals surface area (Å²) in [5, 5.41) is 16.1. The monoisotopic (exact) mass is 464 g/mol. The summed E-state index contributed by atoms with van der Waals surface area (Å²) in [7, 11) is 0. The number of carboxylic acids is 1. The molecule has 11 nitrogen and oxygen atoms in total. The number of nitrogens with zero attached hydrogens (tertiary/aromatic N) is 5. The van der Waals surface area contributed by atoms with Crippen LogP contribution < -0.4 is 16.8 Å². The van der Waals surface area contributed by atoms with Crippen LogP contribution in [0, 0.1) is 0 Å². The van der Waals surface area contributed by atoms with Crippen molar-refractivity contribution in [1.82, 2.24) is 30.0 Å². The zero-order valence-electron chi connectivity index (χ0n) is 17.0. The molecule has 0 saturated carbocycles. The third-order valence-corrected chi connectivity index (χ3v) is 5.09. The zero-order valence-corrected chi connectivity index (χ0v) is 17.0. The molecule has 6 N–H and O–H groups in total. The summed E-state index contributed by atoms with van der Waals surface area (Å²) in [4.78, 5) is 21.7. The number of piperidine rings is 1. The van der Waals surface area contributed by atoms with E-state index in [2.05, 4.69) is 20.3 Å². The summed E-state index contributed by atoms with van der Waals surface area (Å²) in [6, 6.07) is 6.09. The van der Waals surface area contributed by atoms with E-state index < -0.39 is 12.1 Å². The Labute approximate surface area is 183 Å². The maximum absolute atomic E-state index is 10.6. The van der Waals surface area contributed by atoms with Crippen molar-refractivity contribution in [3.8, 4) is 11.3 Å². The standard InChI is InChI=1S/C17H18N8O.C2HF3O2/c18-15-13-14(9-1-2-12-11(7-9)23-17(19)26-12)24-25(16(13)22-8-21-15)10-3-5-20-6-4-10;3-2(4,5)1(6)7/h1-2,7-8,10,20H,3-6H2,(H2,19,23)(H2,18,21,22);(H,6,7). The van der Waals surface area contributed by atoms with Gasteiger partial charge in [0, 0.05) is 5.56 Å². The fraction of sp³-hybridized carbons (Fsp3) is 0.316. The lowest BCUT2D eigenvalue weighted by atomic mass is 10.1. The van der Waals surface area contributed by atoms with Crippen LogP contribution in [-0.2, 0) is 4.79 Å².